The number of fused-ring (bicyclic) bond motifs is 1. The summed E-state index contributed by atoms with van der Waals surface area (Å²) in [5.74, 6) is -0.823. The van der Waals surface area contributed by atoms with Gasteiger partial charge in [0, 0.05) is 18.3 Å². The topological polar surface area (TPSA) is 63.7 Å². The van der Waals surface area contributed by atoms with Gasteiger partial charge in [-0.3, -0.25) is 4.79 Å². The Morgan fingerprint density at radius 2 is 2.09 bits per heavy atom. The first kappa shape index (κ1) is 16.5. The number of amides is 1. The highest BCUT2D eigenvalue weighted by Crippen LogP contribution is 2.30. The van der Waals surface area contributed by atoms with Crippen LogP contribution in [0, 0.1) is 0 Å². The van der Waals surface area contributed by atoms with Gasteiger partial charge >= 0.3 is 0 Å². The third-order valence-electron chi connectivity index (χ3n) is 4.60. The van der Waals surface area contributed by atoms with Crippen molar-refractivity contribution in [2.45, 2.75) is 44.8 Å². The maximum atomic E-state index is 12.7. The zero-order valence-corrected chi connectivity index (χ0v) is 14.2. The number of para-hydroxylation sites is 1. The molecule has 5 nitrogen and oxygen atoms in total. The lowest BCUT2D eigenvalue weighted by Gasteiger charge is -2.35. The number of anilines is 1. The van der Waals surface area contributed by atoms with E-state index in [0.717, 1.165) is 36.9 Å². The van der Waals surface area contributed by atoms with E-state index in [2.05, 4.69) is 0 Å². The number of sulfone groups is 1. The molecule has 1 fully saturated rings. The van der Waals surface area contributed by atoms with Gasteiger partial charge < -0.3 is 9.64 Å². The fourth-order valence-electron chi connectivity index (χ4n) is 3.44. The third kappa shape index (κ3) is 3.75. The molecule has 23 heavy (non-hydrogen) atoms. The van der Waals surface area contributed by atoms with Gasteiger partial charge in [-0.05, 0) is 44.2 Å². The predicted molar refractivity (Wildman–Crippen MR) is 89.3 cm³/mol. The predicted octanol–water partition coefficient (Wildman–Crippen LogP) is 1.95. The number of benzene rings is 1. The molecule has 1 amide bonds. The Morgan fingerprint density at radius 1 is 1.30 bits per heavy atom. The fourth-order valence-corrected chi connectivity index (χ4v) is 4.91. The summed E-state index contributed by atoms with van der Waals surface area (Å²) in [6, 6.07) is 7.76. The first-order chi connectivity index (χ1) is 11.0. The largest absolute Gasteiger partial charge is 0.377 e. The molecule has 0 spiro atoms. The molecule has 126 valence electrons. The second-order valence-electron chi connectivity index (χ2n) is 6.47. The van der Waals surface area contributed by atoms with Crippen LogP contribution >= 0.6 is 0 Å². The molecule has 0 saturated carbocycles. The highest BCUT2D eigenvalue weighted by Gasteiger charge is 2.32. The van der Waals surface area contributed by atoms with E-state index in [-0.39, 0.29) is 23.8 Å². The van der Waals surface area contributed by atoms with Crippen molar-refractivity contribution in [1.82, 2.24) is 0 Å². The van der Waals surface area contributed by atoms with Crippen molar-refractivity contribution in [3.63, 3.8) is 0 Å². The number of carbonyl (C=O) groups excluding carboxylic acids is 1. The minimum absolute atomic E-state index is 0.0235. The van der Waals surface area contributed by atoms with E-state index in [4.69, 9.17) is 4.74 Å². The molecule has 0 radical (unpaired) electrons. The lowest BCUT2D eigenvalue weighted by molar-refractivity contribution is -0.116. The lowest BCUT2D eigenvalue weighted by Crippen LogP contribution is -2.45. The van der Waals surface area contributed by atoms with E-state index in [1.165, 1.54) is 0 Å². The molecule has 2 aliphatic heterocycles. The van der Waals surface area contributed by atoms with Crippen LogP contribution in [0.3, 0.4) is 0 Å². The van der Waals surface area contributed by atoms with E-state index < -0.39 is 15.6 Å². The summed E-state index contributed by atoms with van der Waals surface area (Å²) < 4.78 is 30.1. The summed E-state index contributed by atoms with van der Waals surface area (Å²) in [6.45, 7) is 2.59. The normalized spacial score (nSPS) is 24.5. The van der Waals surface area contributed by atoms with Crippen LogP contribution in [0.15, 0.2) is 24.3 Å². The SMILES string of the molecule is C[C@@H]1CCc2ccccc2N1C(=O)CS(=O)(=O)C[C@@H]1CCCO1. The zero-order chi connectivity index (χ0) is 16.4. The van der Waals surface area contributed by atoms with Gasteiger partial charge in [-0.25, -0.2) is 8.42 Å². The van der Waals surface area contributed by atoms with Crippen LogP contribution in [0.2, 0.25) is 0 Å². The van der Waals surface area contributed by atoms with E-state index >= 15 is 0 Å². The van der Waals surface area contributed by atoms with Gasteiger partial charge in [0.05, 0.1) is 11.9 Å². The zero-order valence-electron chi connectivity index (χ0n) is 13.4. The van der Waals surface area contributed by atoms with Crippen molar-refractivity contribution in [2.24, 2.45) is 0 Å². The molecule has 2 heterocycles. The molecule has 6 heteroatoms. The van der Waals surface area contributed by atoms with Crippen molar-refractivity contribution < 1.29 is 17.9 Å². The van der Waals surface area contributed by atoms with Crippen molar-refractivity contribution >= 4 is 21.4 Å². The molecule has 2 aliphatic rings. The van der Waals surface area contributed by atoms with E-state index in [1.54, 1.807) is 4.90 Å². The van der Waals surface area contributed by atoms with E-state index in [1.807, 2.05) is 31.2 Å². The summed E-state index contributed by atoms with van der Waals surface area (Å²) in [4.78, 5) is 14.3. The maximum Gasteiger partial charge on any atom is 0.242 e. The van der Waals surface area contributed by atoms with Crippen molar-refractivity contribution in [3.05, 3.63) is 29.8 Å². The molecule has 0 bridgehead atoms. The average molecular weight is 337 g/mol. The number of hydrogen-bond donors (Lipinski definition) is 0. The summed E-state index contributed by atoms with van der Waals surface area (Å²) in [7, 11) is -3.46. The molecule has 0 aliphatic carbocycles. The van der Waals surface area contributed by atoms with Gasteiger partial charge in [0.2, 0.25) is 5.91 Å². The molecule has 3 rings (SSSR count). The Balaban J connectivity index is 1.74. The standard InChI is InChI=1S/C17H23NO4S/c1-13-8-9-14-5-2-3-7-16(14)18(13)17(19)12-23(20,21)11-15-6-4-10-22-15/h2-3,5,7,13,15H,4,6,8-12H2,1H3/t13-,15+/m1/s1. The second kappa shape index (κ2) is 6.61. The number of nitrogens with zero attached hydrogens (tertiary/aromatic N) is 1. The highest BCUT2D eigenvalue weighted by molar-refractivity contribution is 7.92. The van der Waals surface area contributed by atoms with Gasteiger partial charge in [-0.2, -0.15) is 0 Å². The van der Waals surface area contributed by atoms with Crippen LogP contribution in [0.1, 0.15) is 31.7 Å². The molecule has 1 aromatic rings. The highest BCUT2D eigenvalue weighted by atomic mass is 32.2. The summed E-state index contributed by atoms with van der Waals surface area (Å²) in [5, 5.41) is 0. The van der Waals surface area contributed by atoms with Crippen LogP contribution < -0.4 is 4.90 Å². The third-order valence-corrected chi connectivity index (χ3v) is 6.17. The monoisotopic (exact) mass is 337 g/mol. The molecule has 0 unspecified atom stereocenters. The average Bonchev–Trinajstić information content (AvgIpc) is 2.98. The number of carbonyl (C=O) groups is 1. The van der Waals surface area contributed by atoms with Gasteiger partial charge in [-0.1, -0.05) is 18.2 Å². The maximum absolute atomic E-state index is 12.7. The number of hydrogen-bond acceptors (Lipinski definition) is 4. The van der Waals surface area contributed by atoms with Gasteiger partial charge in [0.25, 0.3) is 0 Å². The van der Waals surface area contributed by atoms with E-state index in [0.29, 0.717) is 6.61 Å². The summed E-state index contributed by atoms with van der Waals surface area (Å²) in [6.07, 6.45) is 3.18. The first-order valence-corrected chi connectivity index (χ1v) is 10.0. The van der Waals surface area contributed by atoms with Gasteiger partial charge in [0.15, 0.2) is 9.84 Å². The summed E-state index contributed by atoms with van der Waals surface area (Å²) >= 11 is 0. The fraction of sp³-hybridized carbons (Fsp3) is 0.588. The van der Waals surface area contributed by atoms with Crippen LogP contribution in [0.25, 0.3) is 0 Å². The Bertz CT molecular complexity index is 680. The quantitative estimate of drug-likeness (QED) is 0.842. The Labute approximate surface area is 137 Å². The van der Waals surface area contributed by atoms with Crippen LogP contribution in [-0.4, -0.2) is 44.6 Å². The molecule has 1 aromatic carbocycles. The first-order valence-electron chi connectivity index (χ1n) is 8.18. The van der Waals surface area contributed by atoms with Crippen LogP contribution in [0.5, 0.6) is 0 Å². The van der Waals surface area contributed by atoms with Crippen molar-refractivity contribution in [3.8, 4) is 0 Å². The summed E-state index contributed by atoms with van der Waals surface area (Å²) in [5.41, 5.74) is 1.96. The second-order valence-corrected chi connectivity index (χ2v) is 8.58. The minimum atomic E-state index is -3.46. The number of aryl methyl sites for hydroxylation is 1. The van der Waals surface area contributed by atoms with Crippen molar-refractivity contribution in [1.29, 1.82) is 0 Å². The van der Waals surface area contributed by atoms with Gasteiger partial charge in [-0.15, -0.1) is 0 Å². The minimum Gasteiger partial charge on any atom is -0.377 e. The Hall–Kier alpha value is -1.40. The van der Waals surface area contributed by atoms with Crippen molar-refractivity contribution in [2.75, 3.05) is 23.0 Å². The lowest BCUT2D eigenvalue weighted by atomic mass is 9.97. The molecular weight excluding hydrogens is 314 g/mol. The number of ether oxygens (including phenoxy) is 1. The Kier molecular flexibility index (Phi) is 4.73. The van der Waals surface area contributed by atoms with E-state index in [9.17, 15) is 13.2 Å². The van der Waals surface area contributed by atoms with Crippen LogP contribution in [-0.2, 0) is 25.8 Å². The molecule has 0 N–H and O–H groups in total. The molecule has 1 saturated heterocycles. The molecular formula is C17H23NO4S. The molecule has 0 aromatic heterocycles. The molecule has 2 atom stereocenters. The smallest absolute Gasteiger partial charge is 0.242 e. The van der Waals surface area contributed by atoms with Gasteiger partial charge in [0.1, 0.15) is 5.75 Å². The number of rotatable bonds is 4. The van der Waals surface area contributed by atoms with Crippen LogP contribution in [0.4, 0.5) is 5.69 Å². The Morgan fingerprint density at radius 3 is 2.83 bits per heavy atom.